The summed E-state index contributed by atoms with van der Waals surface area (Å²) in [7, 11) is 4.07. The van der Waals surface area contributed by atoms with E-state index in [0.717, 1.165) is 30.5 Å². The summed E-state index contributed by atoms with van der Waals surface area (Å²) in [6.45, 7) is 1.00. The molecule has 2 aromatic rings. The van der Waals surface area contributed by atoms with Gasteiger partial charge >= 0.3 is 6.03 Å². The van der Waals surface area contributed by atoms with Crippen LogP contribution in [0.4, 0.5) is 10.6 Å². The highest BCUT2D eigenvalue weighted by atomic mass is 16.2. The maximum Gasteiger partial charge on any atom is 0.317 e. The topological polar surface area (TPSA) is 117 Å². The number of primary amides is 2. The smallest absolute Gasteiger partial charge is 0.317 e. The number of benzene rings is 1. The summed E-state index contributed by atoms with van der Waals surface area (Å²) >= 11 is 0. The van der Waals surface area contributed by atoms with E-state index >= 15 is 0 Å². The van der Waals surface area contributed by atoms with Gasteiger partial charge in [-0.25, -0.2) is 4.79 Å². The molecule has 22 heavy (non-hydrogen) atoms. The van der Waals surface area contributed by atoms with Gasteiger partial charge in [-0.05, 0) is 45.1 Å². The van der Waals surface area contributed by atoms with Gasteiger partial charge in [-0.3, -0.25) is 10.1 Å². The number of urea groups is 1. The van der Waals surface area contributed by atoms with Gasteiger partial charge in [-0.15, -0.1) is 0 Å². The van der Waals surface area contributed by atoms with Crippen LogP contribution in [0.25, 0.3) is 10.9 Å². The Bertz CT molecular complexity index is 705. The molecule has 118 valence electrons. The minimum absolute atomic E-state index is 0.237. The van der Waals surface area contributed by atoms with E-state index in [1.54, 1.807) is 0 Å². The third-order valence-electron chi connectivity index (χ3n) is 3.43. The number of H-pyrrole nitrogens is 1. The summed E-state index contributed by atoms with van der Waals surface area (Å²) in [5.41, 5.74) is 12.7. The second-order valence-electron chi connectivity index (χ2n) is 5.52. The van der Waals surface area contributed by atoms with E-state index < -0.39 is 11.9 Å². The average molecular weight is 303 g/mol. The molecule has 0 fully saturated rings. The van der Waals surface area contributed by atoms with Gasteiger partial charge in [0.15, 0.2) is 0 Å². The number of hydrogen-bond acceptors (Lipinski definition) is 3. The van der Waals surface area contributed by atoms with E-state index in [-0.39, 0.29) is 11.4 Å². The Kier molecular flexibility index (Phi) is 4.67. The molecule has 0 bridgehead atoms. The highest BCUT2D eigenvalue weighted by Crippen LogP contribution is 2.27. The van der Waals surface area contributed by atoms with Gasteiger partial charge in [0.1, 0.15) is 5.82 Å². The Morgan fingerprint density at radius 3 is 2.59 bits per heavy atom. The Morgan fingerprint density at radius 2 is 2.00 bits per heavy atom. The number of anilines is 1. The normalized spacial score (nSPS) is 11.0. The molecule has 0 atom stereocenters. The van der Waals surface area contributed by atoms with Crippen LogP contribution in [0.15, 0.2) is 18.2 Å². The van der Waals surface area contributed by atoms with Crippen molar-refractivity contribution in [2.45, 2.75) is 12.8 Å². The molecule has 0 aliphatic rings. The highest BCUT2D eigenvalue weighted by Gasteiger charge is 2.17. The maximum absolute atomic E-state index is 11.6. The van der Waals surface area contributed by atoms with Crippen molar-refractivity contribution >= 4 is 28.7 Å². The molecule has 1 aromatic carbocycles. The zero-order valence-corrected chi connectivity index (χ0v) is 12.8. The zero-order chi connectivity index (χ0) is 16.3. The molecular formula is C15H21N5O2. The first-order chi connectivity index (χ1) is 10.4. The van der Waals surface area contributed by atoms with Gasteiger partial charge in [0.25, 0.3) is 5.91 Å². The van der Waals surface area contributed by atoms with Crippen molar-refractivity contribution < 1.29 is 9.59 Å². The summed E-state index contributed by atoms with van der Waals surface area (Å²) in [5, 5.41) is 3.07. The van der Waals surface area contributed by atoms with Crippen molar-refractivity contribution in [1.29, 1.82) is 0 Å². The highest BCUT2D eigenvalue weighted by molar-refractivity contribution is 6.12. The first kappa shape index (κ1) is 15.8. The van der Waals surface area contributed by atoms with E-state index in [2.05, 4.69) is 15.2 Å². The van der Waals surface area contributed by atoms with Gasteiger partial charge in [-0.1, -0.05) is 12.1 Å². The third kappa shape index (κ3) is 3.56. The predicted octanol–water partition coefficient (Wildman–Crippen LogP) is 1.25. The Balaban J connectivity index is 2.32. The molecule has 0 unspecified atom stereocenters. The fourth-order valence-electron chi connectivity index (χ4n) is 2.47. The van der Waals surface area contributed by atoms with Crippen molar-refractivity contribution in [2.75, 3.05) is 26.0 Å². The van der Waals surface area contributed by atoms with E-state index in [4.69, 9.17) is 11.5 Å². The number of amides is 3. The number of nitrogens with one attached hydrogen (secondary N) is 2. The van der Waals surface area contributed by atoms with E-state index in [0.29, 0.717) is 5.39 Å². The number of carbonyl (C=O) groups excluding carboxylic acids is 2. The molecule has 0 spiro atoms. The lowest BCUT2D eigenvalue weighted by Gasteiger charge is -2.08. The molecule has 0 aliphatic carbocycles. The minimum atomic E-state index is -0.750. The number of hydrogen-bond donors (Lipinski definition) is 4. The Hall–Kier alpha value is -2.54. The lowest BCUT2D eigenvalue weighted by molar-refractivity contribution is 0.100. The van der Waals surface area contributed by atoms with Gasteiger partial charge in [0.05, 0.1) is 5.56 Å². The zero-order valence-electron chi connectivity index (χ0n) is 12.8. The third-order valence-corrected chi connectivity index (χ3v) is 3.43. The molecule has 7 heteroatoms. The molecule has 0 radical (unpaired) electrons. The van der Waals surface area contributed by atoms with Crippen molar-refractivity contribution in [2.24, 2.45) is 11.5 Å². The summed E-state index contributed by atoms with van der Waals surface area (Å²) < 4.78 is 0. The van der Waals surface area contributed by atoms with Crippen LogP contribution >= 0.6 is 0 Å². The number of rotatable bonds is 6. The molecule has 7 nitrogen and oxygen atoms in total. The largest absolute Gasteiger partial charge is 0.365 e. The van der Waals surface area contributed by atoms with Gasteiger partial charge in [0, 0.05) is 10.9 Å². The van der Waals surface area contributed by atoms with Crippen LogP contribution in [-0.4, -0.2) is 42.5 Å². The van der Waals surface area contributed by atoms with Crippen LogP contribution in [0.1, 0.15) is 22.3 Å². The van der Waals surface area contributed by atoms with Crippen molar-refractivity contribution in [3.63, 3.8) is 0 Å². The second-order valence-corrected chi connectivity index (χ2v) is 5.52. The lowest BCUT2D eigenvalue weighted by Crippen LogP contribution is -2.22. The molecule has 0 saturated heterocycles. The average Bonchev–Trinajstić information content (AvgIpc) is 2.74. The quantitative estimate of drug-likeness (QED) is 0.643. The van der Waals surface area contributed by atoms with Gasteiger partial charge in [0.2, 0.25) is 0 Å². The number of aromatic amines is 1. The number of carbonyl (C=O) groups is 2. The predicted molar refractivity (Wildman–Crippen MR) is 86.9 cm³/mol. The minimum Gasteiger partial charge on any atom is -0.365 e. The summed E-state index contributed by atoms with van der Waals surface area (Å²) in [4.78, 5) is 27.8. The SMILES string of the molecule is CN(C)CCCc1ccc2c(C(N)=O)c(NC(N)=O)[nH]c2c1. The number of fused-ring (bicyclic) bond motifs is 1. The summed E-state index contributed by atoms with van der Waals surface area (Å²) in [5.74, 6) is -0.379. The standard InChI is InChI=1S/C15H21N5O2/c1-20(2)7-3-4-9-5-6-10-11(8-9)18-14(19-15(17)22)12(10)13(16)21/h5-6,8,18H,3-4,7H2,1-2H3,(H2,16,21)(H3,17,19,22). The molecule has 6 N–H and O–H groups in total. The van der Waals surface area contributed by atoms with Crippen LogP contribution in [0, 0.1) is 0 Å². The van der Waals surface area contributed by atoms with Crippen molar-refractivity contribution in [1.82, 2.24) is 9.88 Å². The number of aryl methyl sites for hydroxylation is 1. The van der Waals surface area contributed by atoms with Crippen LogP contribution in [0.5, 0.6) is 0 Å². The summed E-state index contributed by atoms with van der Waals surface area (Å²) in [6, 6.07) is 5.01. The van der Waals surface area contributed by atoms with Crippen molar-refractivity contribution in [3.05, 3.63) is 29.3 Å². The van der Waals surface area contributed by atoms with Crippen LogP contribution in [0.2, 0.25) is 0 Å². The molecular weight excluding hydrogens is 282 g/mol. The van der Waals surface area contributed by atoms with Gasteiger partial charge in [-0.2, -0.15) is 0 Å². The molecule has 2 rings (SSSR count). The number of nitrogens with zero attached hydrogens (tertiary/aromatic N) is 1. The van der Waals surface area contributed by atoms with Crippen molar-refractivity contribution in [3.8, 4) is 0 Å². The van der Waals surface area contributed by atoms with Crippen LogP contribution in [-0.2, 0) is 6.42 Å². The van der Waals surface area contributed by atoms with Crippen LogP contribution in [0.3, 0.4) is 0 Å². The van der Waals surface area contributed by atoms with E-state index in [1.165, 1.54) is 0 Å². The Labute approximate surface area is 128 Å². The molecule has 0 aliphatic heterocycles. The number of aromatic nitrogens is 1. The molecule has 1 aromatic heterocycles. The fourth-order valence-corrected chi connectivity index (χ4v) is 2.47. The van der Waals surface area contributed by atoms with Gasteiger partial charge < -0.3 is 21.4 Å². The van der Waals surface area contributed by atoms with Crippen LogP contribution < -0.4 is 16.8 Å². The summed E-state index contributed by atoms with van der Waals surface area (Å²) in [6.07, 6.45) is 1.96. The lowest BCUT2D eigenvalue weighted by atomic mass is 10.1. The van der Waals surface area contributed by atoms with E-state index in [9.17, 15) is 9.59 Å². The maximum atomic E-state index is 11.6. The molecule has 1 heterocycles. The first-order valence-electron chi connectivity index (χ1n) is 7.04. The first-order valence-corrected chi connectivity index (χ1v) is 7.04. The second kappa shape index (κ2) is 6.48. The Morgan fingerprint density at radius 1 is 1.27 bits per heavy atom. The fraction of sp³-hybridized carbons (Fsp3) is 0.333. The number of nitrogens with two attached hydrogens (primary N) is 2. The molecule has 3 amide bonds. The monoisotopic (exact) mass is 303 g/mol. The molecule has 0 saturated carbocycles. The van der Waals surface area contributed by atoms with E-state index in [1.807, 2.05) is 32.3 Å².